The Kier molecular flexibility index (Phi) is 2.74. The van der Waals surface area contributed by atoms with Gasteiger partial charge in [0.1, 0.15) is 12.9 Å². The third kappa shape index (κ3) is 2.35. The van der Waals surface area contributed by atoms with E-state index in [-0.39, 0.29) is 24.0 Å². The third-order valence-corrected chi connectivity index (χ3v) is 4.46. The summed E-state index contributed by atoms with van der Waals surface area (Å²) in [5, 5.41) is 16.3. The van der Waals surface area contributed by atoms with E-state index in [1.54, 1.807) is 4.57 Å². The Hall–Kier alpha value is -0.950. The summed E-state index contributed by atoms with van der Waals surface area (Å²) in [6.45, 7) is 0.404. The van der Waals surface area contributed by atoms with Crippen LogP contribution in [-0.4, -0.2) is 39.8 Å². The summed E-state index contributed by atoms with van der Waals surface area (Å²) < 4.78 is 24.2. The molecule has 2 rings (SSSR count). The third-order valence-electron chi connectivity index (χ3n) is 2.62. The average Bonchev–Trinajstić information content (AvgIpc) is 2.73. The Morgan fingerprint density at radius 2 is 2.40 bits per heavy atom. The van der Waals surface area contributed by atoms with Crippen LogP contribution in [0.15, 0.2) is 6.33 Å². The predicted octanol–water partition coefficient (Wildman–Crippen LogP) is -0.795. The summed E-state index contributed by atoms with van der Waals surface area (Å²) in [5.41, 5.74) is 0. The summed E-state index contributed by atoms with van der Waals surface area (Å²) in [6, 6.07) is 0. The largest absolute Gasteiger partial charge is 0.388 e. The van der Waals surface area contributed by atoms with E-state index >= 15 is 0 Å². The molecule has 1 saturated heterocycles. The zero-order valence-corrected chi connectivity index (χ0v) is 9.02. The molecule has 0 amide bonds. The van der Waals surface area contributed by atoms with Gasteiger partial charge in [-0.05, 0) is 12.3 Å². The molecule has 6 nitrogen and oxygen atoms in total. The smallest absolute Gasteiger partial charge is 0.158 e. The molecule has 7 heteroatoms. The first-order valence-corrected chi connectivity index (χ1v) is 6.61. The molecule has 15 heavy (non-hydrogen) atoms. The molecule has 1 fully saturated rings. The van der Waals surface area contributed by atoms with Crippen LogP contribution < -0.4 is 0 Å². The minimum atomic E-state index is -2.83. The van der Waals surface area contributed by atoms with E-state index in [1.165, 1.54) is 6.33 Å². The van der Waals surface area contributed by atoms with Crippen molar-refractivity contribution < 1.29 is 13.5 Å². The summed E-state index contributed by atoms with van der Waals surface area (Å²) in [7, 11) is -2.83. The lowest BCUT2D eigenvalue weighted by molar-refractivity contribution is 0.262. The Balaban J connectivity index is 2.04. The van der Waals surface area contributed by atoms with Gasteiger partial charge in [0.2, 0.25) is 0 Å². The van der Waals surface area contributed by atoms with Gasteiger partial charge in [-0.2, -0.15) is 0 Å². The molecule has 0 spiro atoms. The van der Waals surface area contributed by atoms with Gasteiger partial charge in [-0.15, -0.1) is 10.2 Å². The summed E-state index contributed by atoms with van der Waals surface area (Å²) in [5.74, 6) is 1.11. The molecule has 0 bridgehead atoms. The van der Waals surface area contributed by atoms with Gasteiger partial charge < -0.3 is 9.67 Å². The quantitative estimate of drug-likeness (QED) is 0.736. The molecular formula is C8H13N3O3S. The fraction of sp³-hybridized carbons (Fsp3) is 0.750. The zero-order chi connectivity index (χ0) is 10.9. The predicted molar refractivity (Wildman–Crippen MR) is 52.7 cm³/mol. The molecule has 0 aromatic carbocycles. The molecule has 1 aromatic rings. The second kappa shape index (κ2) is 3.90. The second-order valence-corrected chi connectivity index (χ2v) is 6.06. The fourth-order valence-electron chi connectivity index (χ4n) is 1.85. The average molecular weight is 231 g/mol. The van der Waals surface area contributed by atoms with Crippen LogP contribution in [0, 0.1) is 5.92 Å². The van der Waals surface area contributed by atoms with E-state index in [0.29, 0.717) is 18.8 Å². The Morgan fingerprint density at radius 3 is 3.00 bits per heavy atom. The van der Waals surface area contributed by atoms with Crippen molar-refractivity contribution in [1.82, 2.24) is 14.8 Å². The molecule has 84 valence electrons. The van der Waals surface area contributed by atoms with E-state index < -0.39 is 9.84 Å². The van der Waals surface area contributed by atoms with Crippen molar-refractivity contribution in [3.63, 3.8) is 0 Å². The summed E-state index contributed by atoms with van der Waals surface area (Å²) in [6.07, 6.45) is 2.21. The Bertz CT molecular complexity index is 440. The number of sulfone groups is 1. The monoisotopic (exact) mass is 231 g/mol. The number of aliphatic hydroxyl groups excluding tert-OH is 1. The van der Waals surface area contributed by atoms with E-state index in [0.717, 1.165) is 0 Å². The molecule has 2 heterocycles. The lowest BCUT2D eigenvalue weighted by Gasteiger charge is -2.09. The molecule has 1 aliphatic heterocycles. The van der Waals surface area contributed by atoms with Gasteiger partial charge in [-0.25, -0.2) is 8.42 Å². The highest BCUT2D eigenvalue weighted by Crippen LogP contribution is 2.20. The van der Waals surface area contributed by atoms with E-state index in [9.17, 15) is 8.42 Å². The number of aliphatic hydroxyl groups is 1. The van der Waals surface area contributed by atoms with Crippen molar-refractivity contribution >= 4 is 9.84 Å². The van der Waals surface area contributed by atoms with Gasteiger partial charge in [0.05, 0.1) is 11.5 Å². The number of hydrogen-bond acceptors (Lipinski definition) is 5. The maximum absolute atomic E-state index is 11.2. The van der Waals surface area contributed by atoms with Crippen molar-refractivity contribution in [3.05, 3.63) is 12.2 Å². The maximum Gasteiger partial charge on any atom is 0.158 e. The van der Waals surface area contributed by atoms with Crippen molar-refractivity contribution in [2.24, 2.45) is 5.92 Å². The summed E-state index contributed by atoms with van der Waals surface area (Å²) in [4.78, 5) is 0. The summed E-state index contributed by atoms with van der Waals surface area (Å²) >= 11 is 0. The van der Waals surface area contributed by atoms with E-state index in [2.05, 4.69) is 10.2 Å². The van der Waals surface area contributed by atoms with Crippen molar-refractivity contribution in [1.29, 1.82) is 0 Å². The van der Waals surface area contributed by atoms with Gasteiger partial charge in [0.15, 0.2) is 15.7 Å². The van der Waals surface area contributed by atoms with Crippen LogP contribution in [0.4, 0.5) is 0 Å². The van der Waals surface area contributed by atoms with Crippen LogP contribution >= 0.6 is 0 Å². The van der Waals surface area contributed by atoms with E-state index in [4.69, 9.17) is 5.11 Å². The first-order valence-electron chi connectivity index (χ1n) is 4.79. The topological polar surface area (TPSA) is 85.1 Å². The molecule has 0 radical (unpaired) electrons. The SMILES string of the molecule is O=S1(=O)CCC(Cn2cnnc2CO)C1. The fourth-order valence-corrected chi connectivity index (χ4v) is 3.70. The molecule has 0 aliphatic carbocycles. The molecule has 0 saturated carbocycles. The first-order chi connectivity index (χ1) is 7.11. The second-order valence-electron chi connectivity index (χ2n) is 3.83. The van der Waals surface area contributed by atoms with Gasteiger partial charge in [0, 0.05) is 6.54 Å². The molecule has 1 unspecified atom stereocenters. The van der Waals surface area contributed by atoms with Crippen molar-refractivity contribution in [2.45, 2.75) is 19.6 Å². The van der Waals surface area contributed by atoms with E-state index in [1.807, 2.05) is 0 Å². The Labute approximate surface area is 87.9 Å². The highest BCUT2D eigenvalue weighted by atomic mass is 32.2. The van der Waals surface area contributed by atoms with Gasteiger partial charge in [-0.1, -0.05) is 0 Å². The highest BCUT2D eigenvalue weighted by molar-refractivity contribution is 7.91. The van der Waals surface area contributed by atoms with Crippen LogP contribution in [0.2, 0.25) is 0 Å². The number of rotatable bonds is 3. The van der Waals surface area contributed by atoms with Crippen LogP contribution in [0.25, 0.3) is 0 Å². The van der Waals surface area contributed by atoms with Gasteiger partial charge in [0.25, 0.3) is 0 Å². The minimum Gasteiger partial charge on any atom is -0.388 e. The number of nitrogens with zero attached hydrogens (tertiary/aromatic N) is 3. The lowest BCUT2D eigenvalue weighted by Crippen LogP contribution is -2.14. The van der Waals surface area contributed by atoms with Crippen molar-refractivity contribution in [2.75, 3.05) is 11.5 Å². The first kappa shape index (κ1) is 10.6. The minimum absolute atomic E-state index is 0.122. The van der Waals surface area contributed by atoms with Crippen LogP contribution in [-0.2, 0) is 23.0 Å². The highest BCUT2D eigenvalue weighted by Gasteiger charge is 2.28. The molecule has 1 atom stereocenters. The molecule has 1 N–H and O–H groups in total. The molecular weight excluding hydrogens is 218 g/mol. The molecule has 1 aromatic heterocycles. The standard InChI is InChI=1S/C8H13N3O3S/c12-4-8-10-9-6-11(8)3-7-1-2-15(13,14)5-7/h6-7,12H,1-5H2. The Morgan fingerprint density at radius 1 is 1.60 bits per heavy atom. The number of hydrogen-bond donors (Lipinski definition) is 1. The molecule has 1 aliphatic rings. The van der Waals surface area contributed by atoms with Crippen LogP contribution in [0.1, 0.15) is 12.2 Å². The van der Waals surface area contributed by atoms with Gasteiger partial charge in [-0.3, -0.25) is 0 Å². The zero-order valence-electron chi connectivity index (χ0n) is 8.20. The van der Waals surface area contributed by atoms with Crippen molar-refractivity contribution in [3.8, 4) is 0 Å². The lowest BCUT2D eigenvalue weighted by atomic mass is 10.1. The normalized spacial score (nSPS) is 24.5. The van der Waals surface area contributed by atoms with Crippen LogP contribution in [0.5, 0.6) is 0 Å². The van der Waals surface area contributed by atoms with Gasteiger partial charge >= 0.3 is 0 Å². The number of aromatic nitrogens is 3. The van der Waals surface area contributed by atoms with Crippen LogP contribution in [0.3, 0.4) is 0 Å². The maximum atomic E-state index is 11.2.